The van der Waals surface area contributed by atoms with E-state index in [1.165, 1.54) is 5.56 Å². The number of aryl methyl sites for hydroxylation is 1. The van der Waals surface area contributed by atoms with E-state index in [1.54, 1.807) is 0 Å². The van der Waals surface area contributed by atoms with Gasteiger partial charge < -0.3 is 20.5 Å². The molecule has 4 rings (SSSR count). The number of rotatable bonds is 11. The highest BCUT2D eigenvalue weighted by Gasteiger charge is 2.30. The standard InChI is InChI=1S/C29H30N2O5/c32-27(33)18-26(28(34)30-17-9-8-12-20-10-2-1-3-11-20)31-29(35)36-19-25-23-15-6-4-13-21(23)22-14-5-7-16-24(22)25/h1-7,10-11,13-16,25-26H,8-9,12,17-19H2,(H,30,34)(H,31,35)(H,32,33)/t26-/m1/s1. The van der Waals surface area contributed by atoms with E-state index in [-0.39, 0.29) is 12.5 Å². The smallest absolute Gasteiger partial charge is 0.407 e. The molecule has 7 nitrogen and oxygen atoms in total. The maximum absolute atomic E-state index is 12.6. The van der Waals surface area contributed by atoms with Crippen molar-refractivity contribution in [1.82, 2.24) is 10.6 Å². The van der Waals surface area contributed by atoms with Crippen molar-refractivity contribution >= 4 is 18.0 Å². The van der Waals surface area contributed by atoms with Gasteiger partial charge in [-0.1, -0.05) is 78.9 Å². The number of carbonyl (C=O) groups is 3. The van der Waals surface area contributed by atoms with Crippen LogP contribution in [0.15, 0.2) is 78.9 Å². The molecule has 2 amide bonds. The SMILES string of the molecule is O=C(O)C[C@@H](NC(=O)OCC1c2ccccc2-c2ccccc21)C(=O)NCCCCc1ccccc1. The summed E-state index contributed by atoms with van der Waals surface area (Å²) >= 11 is 0. The lowest BCUT2D eigenvalue weighted by atomic mass is 9.98. The van der Waals surface area contributed by atoms with Crippen molar-refractivity contribution in [3.8, 4) is 11.1 Å². The predicted octanol–water partition coefficient (Wildman–Crippen LogP) is 4.51. The summed E-state index contributed by atoms with van der Waals surface area (Å²) in [4.78, 5) is 36.4. The summed E-state index contributed by atoms with van der Waals surface area (Å²) in [5.74, 6) is -1.84. The van der Waals surface area contributed by atoms with E-state index < -0.39 is 30.4 Å². The number of hydrogen-bond donors (Lipinski definition) is 3. The van der Waals surface area contributed by atoms with Crippen molar-refractivity contribution < 1.29 is 24.2 Å². The zero-order chi connectivity index (χ0) is 25.3. The maximum atomic E-state index is 12.6. The summed E-state index contributed by atoms with van der Waals surface area (Å²) in [6, 6.07) is 24.8. The van der Waals surface area contributed by atoms with E-state index in [4.69, 9.17) is 4.74 Å². The average Bonchev–Trinajstić information content (AvgIpc) is 3.21. The summed E-state index contributed by atoms with van der Waals surface area (Å²) in [5, 5.41) is 14.4. The number of carboxylic acids is 1. The second-order valence-corrected chi connectivity index (χ2v) is 8.85. The van der Waals surface area contributed by atoms with Gasteiger partial charge in [-0.25, -0.2) is 4.79 Å². The van der Waals surface area contributed by atoms with Crippen LogP contribution in [-0.2, 0) is 20.7 Å². The molecule has 1 atom stereocenters. The van der Waals surface area contributed by atoms with Crippen molar-refractivity contribution in [1.29, 1.82) is 0 Å². The van der Waals surface area contributed by atoms with Crippen LogP contribution in [0.4, 0.5) is 4.79 Å². The Balaban J connectivity index is 1.28. The molecule has 0 unspecified atom stereocenters. The van der Waals surface area contributed by atoms with Crippen molar-refractivity contribution in [2.45, 2.75) is 37.6 Å². The number of alkyl carbamates (subject to hydrolysis) is 1. The van der Waals surface area contributed by atoms with Crippen LogP contribution in [0.1, 0.15) is 41.9 Å². The molecule has 0 heterocycles. The molecular formula is C29H30N2O5. The molecule has 186 valence electrons. The van der Waals surface area contributed by atoms with Gasteiger partial charge in [0, 0.05) is 12.5 Å². The van der Waals surface area contributed by atoms with E-state index in [0.717, 1.165) is 41.5 Å². The Morgan fingerprint density at radius 2 is 1.44 bits per heavy atom. The van der Waals surface area contributed by atoms with Gasteiger partial charge in [-0.05, 0) is 47.1 Å². The minimum absolute atomic E-state index is 0.0841. The first kappa shape index (κ1) is 25.0. The Morgan fingerprint density at radius 3 is 2.08 bits per heavy atom. The second-order valence-electron chi connectivity index (χ2n) is 8.85. The fourth-order valence-electron chi connectivity index (χ4n) is 4.60. The normalized spacial score (nSPS) is 12.8. The summed E-state index contributed by atoms with van der Waals surface area (Å²) in [5.41, 5.74) is 5.59. The van der Waals surface area contributed by atoms with E-state index in [0.29, 0.717) is 6.54 Å². The van der Waals surface area contributed by atoms with Gasteiger partial charge in [0.15, 0.2) is 0 Å². The molecule has 0 aromatic heterocycles. The van der Waals surface area contributed by atoms with E-state index in [2.05, 4.69) is 22.8 Å². The molecule has 0 aliphatic heterocycles. The molecule has 0 saturated heterocycles. The molecular weight excluding hydrogens is 456 g/mol. The topological polar surface area (TPSA) is 105 Å². The number of benzene rings is 3. The third-order valence-corrected chi connectivity index (χ3v) is 6.37. The third-order valence-electron chi connectivity index (χ3n) is 6.37. The molecule has 0 spiro atoms. The maximum Gasteiger partial charge on any atom is 0.407 e. The van der Waals surface area contributed by atoms with E-state index in [9.17, 15) is 19.5 Å². The monoisotopic (exact) mass is 486 g/mol. The van der Waals surface area contributed by atoms with Crippen LogP contribution in [0.2, 0.25) is 0 Å². The van der Waals surface area contributed by atoms with Crippen LogP contribution >= 0.6 is 0 Å². The zero-order valence-electron chi connectivity index (χ0n) is 20.0. The molecule has 1 aliphatic carbocycles. The van der Waals surface area contributed by atoms with Gasteiger partial charge in [0.05, 0.1) is 6.42 Å². The van der Waals surface area contributed by atoms with Crippen LogP contribution in [0.5, 0.6) is 0 Å². The first-order valence-electron chi connectivity index (χ1n) is 12.2. The van der Waals surface area contributed by atoms with Gasteiger partial charge in [0.2, 0.25) is 5.91 Å². The van der Waals surface area contributed by atoms with Crippen LogP contribution < -0.4 is 10.6 Å². The molecule has 0 bridgehead atoms. The number of ether oxygens (including phenoxy) is 1. The Bertz CT molecular complexity index is 1170. The highest BCUT2D eigenvalue weighted by Crippen LogP contribution is 2.44. The Kier molecular flexibility index (Phi) is 8.34. The van der Waals surface area contributed by atoms with Crippen LogP contribution in [0, 0.1) is 0 Å². The van der Waals surface area contributed by atoms with Gasteiger partial charge in [-0.15, -0.1) is 0 Å². The van der Waals surface area contributed by atoms with Crippen molar-refractivity contribution in [2.75, 3.05) is 13.2 Å². The number of nitrogens with one attached hydrogen (secondary N) is 2. The first-order valence-corrected chi connectivity index (χ1v) is 12.2. The first-order chi connectivity index (χ1) is 17.5. The lowest BCUT2D eigenvalue weighted by Gasteiger charge is -2.18. The largest absolute Gasteiger partial charge is 0.481 e. The van der Waals surface area contributed by atoms with E-state index in [1.807, 2.05) is 66.7 Å². The van der Waals surface area contributed by atoms with Gasteiger partial charge in [-0.3, -0.25) is 9.59 Å². The fourth-order valence-corrected chi connectivity index (χ4v) is 4.60. The molecule has 3 aromatic carbocycles. The van der Waals surface area contributed by atoms with Gasteiger partial charge in [0.25, 0.3) is 0 Å². The number of fused-ring (bicyclic) bond motifs is 3. The molecule has 3 aromatic rings. The number of amides is 2. The summed E-state index contributed by atoms with van der Waals surface area (Å²) in [7, 11) is 0. The molecule has 7 heteroatoms. The van der Waals surface area contributed by atoms with Crippen LogP contribution in [0.3, 0.4) is 0 Å². The molecule has 36 heavy (non-hydrogen) atoms. The van der Waals surface area contributed by atoms with Crippen molar-refractivity contribution in [3.63, 3.8) is 0 Å². The highest BCUT2D eigenvalue weighted by atomic mass is 16.5. The third kappa shape index (κ3) is 6.30. The van der Waals surface area contributed by atoms with Gasteiger partial charge in [0.1, 0.15) is 12.6 Å². The molecule has 0 saturated carbocycles. The predicted molar refractivity (Wildman–Crippen MR) is 137 cm³/mol. The minimum atomic E-state index is -1.22. The molecule has 3 N–H and O–H groups in total. The molecule has 0 radical (unpaired) electrons. The fraction of sp³-hybridized carbons (Fsp3) is 0.276. The number of unbranched alkanes of at least 4 members (excludes halogenated alkanes) is 1. The summed E-state index contributed by atoms with van der Waals surface area (Å²) in [6.45, 7) is 0.481. The minimum Gasteiger partial charge on any atom is -0.481 e. The lowest BCUT2D eigenvalue weighted by Crippen LogP contribution is -2.48. The van der Waals surface area contributed by atoms with E-state index >= 15 is 0 Å². The van der Waals surface area contributed by atoms with Crippen molar-refractivity contribution in [2.24, 2.45) is 0 Å². The molecule has 0 fully saturated rings. The van der Waals surface area contributed by atoms with Gasteiger partial charge in [-0.2, -0.15) is 0 Å². The zero-order valence-corrected chi connectivity index (χ0v) is 20.0. The second kappa shape index (κ2) is 12.0. The number of hydrogen-bond acceptors (Lipinski definition) is 4. The molecule has 1 aliphatic rings. The van der Waals surface area contributed by atoms with Crippen LogP contribution in [0.25, 0.3) is 11.1 Å². The van der Waals surface area contributed by atoms with Gasteiger partial charge >= 0.3 is 12.1 Å². The lowest BCUT2D eigenvalue weighted by molar-refractivity contribution is -0.139. The quantitative estimate of drug-likeness (QED) is 0.346. The number of carboxylic acid groups (broad SMARTS) is 1. The Hall–Kier alpha value is -4.13. The summed E-state index contributed by atoms with van der Waals surface area (Å²) in [6.07, 6.45) is 1.18. The highest BCUT2D eigenvalue weighted by molar-refractivity contribution is 5.89. The number of aliphatic carboxylic acids is 1. The Morgan fingerprint density at radius 1 is 0.833 bits per heavy atom. The summed E-state index contributed by atoms with van der Waals surface area (Å²) < 4.78 is 5.47. The van der Waals surface area contributed by atoms with Crippen LogP contribution in [-0.4, -0.2) is 42.3 Å². The average molecular weight is 487 g/mol. The van der Waals surface area contributed by atoms with Crippen molar-refractivity contribution in [3.05, 3.63) is 95.6 Å². The Labute approximate surface area is 210 Å². The number of carbonyl (C=O) groups excluding carboxylic acids is 2.